The van der Waals surface area contributed by atoms with Gasteiger partial charge in [0.2, 0.25) is 6.54 Å². The minimum atomic E-state index is -1.30. The summed E-state index contributed by atoms with van der Waals surface area (Å²) in [4.78, 5) is 35.1. The van der Waals surface area contributed by atoms with Gasteiger partial charge >= 0.3 is 13.1 Å². The number of aromatic carboxylic acids is 1. The molecule has 1 aromatic carbocycles. The van der Waals surface area contributed by atoms with Gasteiger partial charge in [-0.05, 0) is 56.2 Å². The Bertz CT molecular complexity index is 823. The normalized spacial score (nSPS) is 25.9. The van der Waals surface area contributed by atoms with Crippen molar-refractivity contribution >= 4 is 18.9 Å². The Balaban J connectivity index is 1.68. The Labute approximate surface area is 174 Å². The van der Waals surface area contributed by atoms with Crippen LogP contribution < -0.4 is 10.4 Å². The number of nitrogens with two attached hydrogens (primary N) is 1. The zero-order valence-electron chi connectivity index (χ0n) is 16.8. The first-order chi connectivity index (χ1) is 14.2. The molecule has 1 heterocycles. The summed E-state index contributed by atoms with van der Waals surface area (Å²) < 4.78 is 5.45. The highest BCUT2D eigenvalue weighted by Crippen LogP contribution is 2.43. The van der Waals surface area contributed by atoms with E-state index in [4.69, 9.17) is 10.4 Å². The highest BCUT2D eigenvalue weighted by molar-refractivity contribution is 6.47. The second-order valence-corrected chi connectivity index (χ2v) is 8.66. The van der Waals surface area contributed by atoms with Crippen LogP contribution in [-0.2, 0) is 11.2 Å². The standard InChI is InChI=1S/C20H27BN2O7/c22-11-13-4-6-20(7-5-13,12-23(28)29)10-16(24)9-15-8-14-2-1-3-17(19(25)26)18(14)30-21(15)27/h1-3,13,15,27H,4-12,22H2,(H,25,26)/t13?,15-,20?/m1/s1. The summed E-state index contributed by atoms with van der Waals surface area (Å²) in [5, 5.41) is 30.9. The van der Waals surface area contributed by atoms with Gasteiger partial charge in [0.15, 0.2) is 0 Å². The van der Waals surface area contributed by atoms with Gasteiger partial charge in [-0.2, -0.15) is 0 Å². The number of nitrogens with zero attached hydrogens (tertiary/aromatic N) is 1. The lowest BCUT2D eigenvalue weighted by atomic mass is 9.62. The predicted octanol–water partition coefficient (Wildman–Crippen LogP) is 1.93. The van der Waals surface area contributed by atoms with Gasteiger partial charge in [-0.25, -0.2) is 4.79 Å². The first-order valence-corrected chi connectivity index (χ1v) is 10.3. The summed E-state index contributed by atoms with van der Waals surface area (Å²) in [5.41, 5.74) is 5.65. The SMILES string of the molecule is NCC1CCC(CC(=O)C[C@H]2Cc3cccc(C(=O)O)c3OB2O)(C[N+](=O)[O-])CC1. The number of carbonyl (C=O) groups is 2. The molecule has 162 valence electrons. The Morgan fingerprint density at radius 3 is 2.63 bits per heavy atom. The van der Waals surface area contributed by atoms with Crippen LogP contribution >= 0.6 is 0 Å². The molecule has 0 spiro atoms. The number of fused-ring (bicyclic) bond motifs is 1. The number of rotatable bonds is 8. The summed E-state index contributed by atoms with van der Waals surface area (Å²) >= 11 is 0. The van der Waals surface area contributed by atoms with E-state index in [0.29, 0.717) is 37.3 Å². The molecule has 1 fully saturated rings. The molecule has 0 aromatic heterocycles. The summed E-state index contributed by atoms with van der Waals surface area (Å²) in [6.07, 6.45) is 3.16. The van der Waals surface area contributed by atoms with Gasteiger partial charge in [0.05, 0.1) is 5.56 Å². The third kappa shape index (κ3) is 4.99. The average molecular weight is 418 g/mol. The molecule has 1 aliphatic heterocycles. The van der Waals surface area contributed by atoms with Crippen molar-refractivity contribution in [1.29, 1.82) is 0 Å². The highest BCUT2D eigenvalue weighted by Gasteiger charge is 2.43. The number of nitro groups is 1. The second kappa shape index (κ2) is 9.14. The Morgan fingerprint density at radius 1 is 1.33 bits per heavy atom. The summed E-state index contributed by atoms with van der Waals surface area (Å²) in [7, 11) is -1.30. The van der Waals surface area contributed by atoms with Crippen molar-refractivity contribution in [3.8, 4) is 5.75 Å². The molecule has 0 radical (unpaired) electrons. The average Bonchev–Trinajstić information content (AvgIpc) is 2.68. The molecule has 9 nitrogen and oxygen atoms in total. The summed E-state index contributed by atoms with van der Waals surface area (Å²) in [6, 6.07) is 4.72. The summed E-state index contributed by atoms with van der Waals surface area (Å²) in [6.45, 7) is 0.302. The van der Waals surface area contributed by atoms with Crippen molar-refractivity contribution in [2.75, 3.05) is 13.1 Å². The molecule has 1 aromatic rings. The monoisotopic (exact) mass is 418 g/mol. The van der Waals surface area contributed by atoms with Crippen LogP contribution in [0.25, 0.3) is 0 Å². The zero-order chi connectivity index (χ0) is 21.9. The van der Waals surface area contributed by atoms with Crippen molar-refractivity contribution in [1.82, 2.24) is 0 Å². The molecule has 0 unspecified atom stereocenters. The number of hydrogen-bond donors (Lipinski definition) is 3. The lowest BCUT2D eigenvalue weighted by Gasteiger charge is -2.37. The lowest BCUT2D eigenvalue weighted by molar-refractivity contribution is -0.499. The number of para-hydroxylation sites is 1. The van der Waals surface area contributed by atoms with E-state index in [2.05, 4.69) is 0 Å². The maximum absolute atomic E-state index is 12.8. The number of hydrogen-bond acceptors (Lipinski definition) is 7. The molecule has 4 N–H and O–H groups in total. The molecule has 2 aliphatic rings. The molecule has 10 heteroatoms. The highest BCUT2D eigenvalue weighted by atomic mass is 16.6. The van der Waals surface area contributed by atoms with Crippen LogP contribution in [-0.4, -0.2) is 47.0 Å². The van der Waals surface area contributed by atoms with E-state index in [1.54, 1.807) is 12.1 Å². The second-order valence-electron chi connectivity index (χ2n) is 8.66. The molecule has 0 amide bonds. The van der Waals surface area contributed by atoms with E-state index in [1.165, 1.54) is 6.07 Å². The molecule has 3 rings (SSSR count). The third-order valence-corrected chi connectivity index (χ3v) is 6.48. The maximum Gasteiger partial charge on any atom is 0.526 e. The van der Waals surface area contributed by atoms with Crippen molar-refractivity contribution in [3.05, 3.63) is 39.4 Å². The maximum atomic E-state index is 12.8. The molecular formula is C20H27BN2O7. The van der Waals surface area contributed by atoms with Crippen molar-refractivity contribution in [2.24, 2.45) is 17.1 Å². The largest absolute Gasteiger partial charge is 0.535 e. The van der Waals surface area contributed by atoms with E-state index in [-0.39, 0.29) is 41.4 Å². The van der Waals surface area contributed by atoms with Crippen LogP contribution in [0.1, 0.15) is 54.4 Å². The lowest BCUT2D eigenvalue weighted by Crippen LogP contribution is -2.39. The van der Waals surface area contributed by atoms with Gasteiger partial charge in [-0.1, -0.05) is 12.1 Å². The molecule has 1 saturated carbocycles. The Kier molecular flexibility index (Phi) is 6.77. The molecule has 0 bridgehead atoms. The van der Waals surface area contributed by atoms with E-state index < -0.39 is 24.3 Å². The Morgan fingerprint density at radius 2 is 2.03 bits per heavy atom. The first kappa shape index (κ1) is 22.2. The van der Waals surface area contributed by atoms with E-state index in [0.717, 1.165) is 12.8 Å². The van der Waals surface area contributed by atoms with Crippen LogP contribution in [0.2, 0.25) is 5.82 Å². The van der Waals surface area contributed by atoms with Crippen LogP contribution in [0.4, 0.5) is 0 Å². The molecule has 1 aliphatic carbocycles. The van der Waals surface area contributed by atoms with Crippen molar-refractivity contribution in [3.63, 3.8) is 0 Å². The minimum absolute atomic E-state index is 0.0255. The van der Waals surface area contributed by atoms with Gasteiger partial charge in [0, 0.05) is 29.0 Å². The fourth-order valence-corrected chi connectivity index (χ4v) is 4.80. The number of carboxylic acids is 1. The van der Waals surface area contributed by atoms with Crippen LogP contribution in [0.5, 0.6) is 5.75 Å². The predicted molar refractivity (Wildman–Crippen MR) is 109 cm³/mol. The Hall–Kier alpha value is -2.46. The quantitative estimate of drug-likeness (QED) is 0.329. The van der Waals surface area contributed by atoms with Crippen molar-refractivity contribution < 1.29 is 29.3 Å². The number of ketones is 1. The van der Waals surface area contributed by atoms with E-state index >= 15 is 0 Å². The fourth-order valence-electron chi connectivity index (χ4n) is 4.80. The van der Waals surface area contributed by atoms with E-state index in [9.17, 15) is 29.8 Å². The van der Waals surface area contributed by atoms with E-state index in [1.807, 2.05) is 0 Å². The topological polar surface area (TPSA) is 153 Å². The first-order valence-electron chi connectivity index (χ1n) is 10.3. The number of carboxylic acid groups (broad SMARTS) is 1. The smallest absolute Gasteiger partial charge is 0.526 e. The molecule has 0 saturated heterocycles. The van der Waals surface area contributed by atoms with Crippen LogP contribution in [0.3, 0.4) is 0 Å². The minimum Gasteiger partial charge on any atom is -0.535 e. The number of benzene rings is 1. The molecule has 30 heavy (non-hydrogen) atoms. The fraction of sp³-hybridized carbons (Fsp3) is 0.600. The molecule has 1 atom stereocenters. The van der Waals surface area contributed by atoms with Crippen molar-refractivity contribution in [2.45, 2.75) is 50.8 Å². The summed E-state index contributed by atoms with van der Waals surface area (Å²) in [5.74, 6) is -1.35. The molecular weight excluding hydrogens is 391 g/mol. The van der Waals surface area contributed by atoms with Gasteiger partial charge in [-0.3, -0.25) is 14.9 Å². The van der Waals surface area contributed by atoms with Gasteiger partial charge in [0.1, 0.15) is 11.5 Å². The number of Topliss-reactive ketones (excluding diaryl/α,β-unsaturated/α-hetero) is 1. The number of carbonyl (C=O) groups excluding carboxylic acids is 1. The zero-order valence-corrected chi connectivity index (χ0v) is 16.8. The van der Waals surface area contributed by atoms with Gasteiger partial charge in [0.25, 0.3) is 0 Å². The van der Waals surface area contributed by atoms with Crippen LogP contribution in [0, 0.1) is 21.4 Å². The third-order valence-electron chi connectivity index (χ3n) is 6.48. The van der Waals surface area contributed by atoms with Gasteiger partial charge < -0.3 is 20.5 Å². The van der Waals surface area contributed by atoms with Crippen LogP contribution in [0.15, 0.2) is 18.2 Å². The van der Waals surface area contributed by atoms with Gasteiger partial charge in [-0.15, -0.1) is 0 Å².